The predicted molar refractivity (Wildman–Crippen MR) is 126 cm³/mol. The van der Waals surface area contributed by atoms with Crippen LogP contribution in [0, 0.1) is 0 Å². The molecule has 0 bridgehead atoms. The van der Waals surface area contributed by atoms with Gasteiger partial charge in [-0.15, -0.1) is 0 Å². The molecule has 184 valence electrons. The number of benzene rings is 2. The number of aliphatic carboxylic acids is 1. The normalized spacial score (nSPS) is 15.3. The number of alkyl halides is 3. The highest BCUT2D eigenvalue weighted by Crippen LogP contribution is 2.30. The lowest BCUT2D eigenvalue weighted by molar-refractivity contribution is -0.139. The van der Waals surface area contributed by atoms with E-state index in [1.54, 1.807) is 36.4 Å². The minimum Gasteiger partial charge on any atom is -0.480 e. The molecule has 0 spiro atoms. The van der Waals surface area contributed by atoms with Crippen molar-refractivity contribution in [3.8, 4) is 11.5 Å². The van der Waals surface area contributed by atoms with Crippen LogP contribution < -0.4 is 15.4 Å². The lowest BCUT2D eigenvalue weighted by Gasteiger charge is -2.09. The predicted octanol–water partition coefficient (Wildman–Crippen LogP) is 4.35. The third-order valence-electron chi connectivity index (χ3n) is 4.99. The number of hydrogen-bond acceptors (Lipinski definition) is 6. The van der Waals surface area contributed by atoms with Crippen LogP contribution in [0.25, 0.3) is 6.08 Å². The maximum Gasteiger partial charge on any atom is 0.416 e. The first-order valence-electron chi connectivity index (χ1n) is 10.6. The molecule has 1 unspecified atom stereocenters. The standard InChI is InChI=1S/C25H19F3N4O4/c26-25(27,28)16-4-2-5-17(12-16)31-22(33)8-7-15-3-1-6-18(11-15)36-19-9-10-29-20(13-19)23-30-14-21(32-23)24(34)35/h1-13,21H,14H2,(H,30,32)(H,31,33)(H,34,35)/b8-7+. The summed E-state index contributed by atoms with van der Waals surface area (Å²) >= 11 is 0. The zero-order chi connectivity index (χ0) is 25.7. The van der Waals surface area contributed by atoms with Gasteiger partial charge in [0.1, 0.15) is 29.1 Å². The van der Waals surface area contributed by atoms with E-state index in [4.69, 9.17) is 9.84 Å². The number of hydrogen-bond donors (Lipinski definition) is 3. The molecule has 1 aliphatic heterocycles. The van der Waals surface area contributed by atoms with E-state index in [0.29, 0.717) is 28.6 Å². The Morgan fingerprint density at radius 1 is 1.08 bits per heavy atom. The fourth-order valence-electron chi connectivity index (χ4n) is 3.28. The molecule has 1 atom stereocenters. The molecule has 11 heteroatoms. The summed E-state index contributed by atoms with van der Waals surface area (Å²) < 4.78 is 44.4. The SMILES string of the molecule is O=C(/C=C/c1cccc(Oc2ccnc(C3=NCC(C(=O)O)N3)c2)c1)Nc1cccc(C(F)(F)F)c1. The summed E-state index contributed by atoms with van der Waals surface area (Å²) in [4.78, 5) is 31.6. The fraction of sp³-hybridized carbons (Fsp3) is 0.120. The highest BCUT2D eigenvalue weighted by Gasteiger charge is 2.30. The summed E-state index contributed by atoms with van der Waals surface area (Å²) in [5.74, 6) is -0.348. The van der Waals surface area contributed by atoms with E-state index in [1.165, 1.54) is 30.5 Å². The lowest BCUT2D eigenvalue weighted by atomic mass is 10.2. The van der Waals surface area contributed by atoms with Gasteiger partial charge in [-0.25, -0.2) is 4.79 Å². The van der Waals surface area contributed by atoms with E-state index < -0.39 is 29.7 Å². The van der Waals surface area contributed by atoms with Gasteiger partial charge in [-0.1, -0.05) is 18.2 Å². The van der Waals surface area contributed by atoms with Crippen molar-refractivity contribution in [3.63, 3.8) is 0 Å². The van der Waals surface area contributed by atoms with Crippen molar-refractivity contribution >= 4 is 29.5 Å². The van der Waals surface area contributed by atoms with Crippen LogP contribution in [-0.4, -0.2) is 40.4 Å². The zero-order valence-corrected chi connectivity index (χ0v) is 18.5. The molecule has 36 heavy (non-hydrogen) atoms. The van der Waals surface area contributed by atoms with E-state index in [9.17, 15) is 22.8 Å². The second-order valence-corrected chi connectivity index (χ2v) is 7.68. The van der Waals surface area contributed by atoms with E-state index >= 15 is 0 Å². The Labute approximate surface area is 203 Å². The summed E-state index contributed by atoms with van der Waals surface area (Å²) in [5.41, 5.74) is 0.220. The van der Waals surface area contributed by atoms with Gasteiger partial charge in [0.15, 0.2) is 0 Å². The van der Waals surface area contributed by atoms with Gasteiger partial charge in [-0.2, -0.15) is 13.2 Å². The molecule has 3 aromatic rings. The van der Waals surface area contributed by atoms with Gasteiger partial charge in [0.2, 0.25) is 5.91 Å². The molecule has 4 rings (SSSR count). The number of carbonyl (C=O) groups excluding carboxylic acids is 1. The van der Waals surface area contributed by atoms with E-state index in [2.05, 4.69) is 20.6 Å². The summed E-state index contributed by atoms with van der Waals surface area (Å²) in [6.45, 7) is 0.104. The van der Waals surface area contributed by atoms with Crippen LogP contribution >= 0.6 is 0 Å². The topological polar surface area (TPSA) is 113 Å². The maximum atomic E-state index is 12.8. The van der Waals surface area contributed by atoms with Crippen molar-refractivity contribution in [2.24, 2.45) is 4.99 Å². The number of carboxylic acids is 1. The van der Waals surface area contributed by atoms with Crippen LogP contribution in [0.3, 0.4) is 0 Å². The van der Waals surface area contributed by atoms with Crippen LogP contribution in [-0.2, 0) is 15.8 Å². The van der Waals surface area contributed by atoms with Crippen molar-refractivity contribution in [1.82, 2.24) is 10.3 Å². The van der Waals surface area contributed by atoms with Gasteiger partial charge in [-0.3, -0.25) is 14.8 Å². The van der Waals surface area contributed by atoms with Gasteiger partial charge in [0.25, 0.3) is 0 Å². The third-order valence-corrected chi connectivity index (χ3v) is 4.99. The molecule has 2 aromatic carbocycles. The first-order chi connectivity index (χ1) is 17.2. The molecule has 8 nitrogen and oxygen atoms in total. The quantitative estimate of drug-likeness (QED) is 0.420. The Hall–Kier alpha value is -4.67. The number of ether oxygens (including phenoxy) is 1. The number of anilines is 1. The number of carboxylic acid groups (broad SMARTS) is 1. The molecule has 0 saturated heterocycles. The number of pyridine rings is 1. The van der Waals surface area contributed by atoms with E-state index in [0.717, 1.165) is 12.1 Å². The first kappa shape index (κ1) is 24.5. The highest BCUT2D eigenvalue weighted by molar-refractivity contribution is 6.02. The molecule has 1 amide bonds. The molecule has 0 fully saturated rings. The number of nitrogens with zero attached hydrogens (tertiary/aromatic N) is 2. The van der Waals surface area contributed by atoms with Crippen LogP contribution in [0.15, 0.2) is 77.9 Å². The second kappa shape index (κ2) is 10.3. The van der Waals surface area contributed by atoms with E-state index in [1.807, 2.05) is 0 Å². The minimum atomic E-state index is -4.51. The maximum absolute atomic E-state index is 12.8. The van der Waals surface area contributed by atoms with Gasteiger partial charge < -0.3 is 20.5 Å². The summed E-state index contributed by atoms with van der Waals surface area (Å²) in [6, 6.07) is 13.6. The Bertz CT molecular complexity index is 1350. The number of aliphatic imine (C=N–C) groups is 1. The number of nitrogens with one attached hydrogen (secondary N) is 2. The van der Waals surface area contributed by atoms with Crippen LogP contribution in [0.4, 0.5) is 18.9 Å². The van der Waals surface area contributed by atoms with Gasteiger partial charge in [0.05, 0.1) is 12.1 Å². The smallest absolute Gasteiger partial charge is 0.416 e. The van der Waals surface area contributed by atoms with Crippen molar-refractivity contribution in [2.75, 3.05) is 11.9 Å². The second-order valence-electron chi connectivity index (χ2n) is 7.68. The molecular formula is C25H19F3N4O4. The molecule has 0 aliphatic carbocycles. The highest BCUT2D eigenvalue weighted by atomic mass is 19.4. The Morgan fingerprint density at radius 3 is 2.61 bits per heavy atom. The summed E-state index contributed by atoms with van der Waals surface area (Å²) in [6.07, 6.45) is -0.302. The first-order valence-corrected chi connectivity index (χ1v) is 10.6. The minimum absolute atomic E-state index is 0.0288. The largest absolute Gasteiger partial charge is 0.480 e. The number of carbonyl (C=O) groups is 2. The molecule has 0 radical (unpaired) electrons. The number of amides is 1. The number of rotatable bonds is 7. The average molecular weight is 496 g/mol. The van der Waals surface area contributed by atoms with Gasteiger partial charge >= 0.3 is 12.1 Å². The lowest BCUT2D eigenvalue weighted by Crippen LogP contribution is -2.37. The fourth-order valence-corrected chi connectivity index (χ4v) is 3.28. The van der Waals surface area contributed by atoms with Gasteiger partial charge in [0, 0.05) is 24.0 Å². The number of amidine groups is 1. The molecule has 1 aromatic heterocycles. The number of halogens is 3. The van der Waals surface area contributed by atoms with Crippen molar-refractivity contribution in [2.45, 2.75) is 12.2 Å². The number of aromatic nitrogens is 1. The van der Waals surface area contributed by atoms with Gasteiger partial charge in [-0.05, 0) is 48.0 Å². The van der Waals surface area contributed by atoms with Crippen LogP contribution in [0.5, 0.6) is 11.5 Å². The molecular weight excluding hydrogens is 477 g/mol. The summed E-state index contributed by atoms with van der Waals surface area (Å²) in [5, 5.41) is 14.3. The Morgan fingerprint density at radius 2 is 1.86 bits per heavy atom. The molecule has 2 heterocycles. The Balaban J connectivity index is 1.40. The van der Waals surface area contributed by atoms with Crippen LogP contribution in [0.2, 0.25) is 0 Å². The monoisotopic (exact) mass is 496 g/mol. The third kappa shape index (κ3) is 6.26. The summed E-state index contributed by atoms with van der Waals surface area (Å²) in [7, 11) is 0. The van der Waals surface area contributed by atoms with E-state index in [-0.39, 0.29) is 12.2 Å². The molecule has 1 aliphatic rings. The van der Waals surface area contributed by atoms with Crippen molar-refractivity contribution in [1.29, 1.82) is 0 Å². The molecule has 0 saturated carbocycles. The Kier molecular flexibility index (Phi) is 7.00. The van der Waals surface area contributed by atoms with Crippen molar-refractivity contribution < 1.29 is 32.6 Å². The zero-order valence-electron chi connectivity index (χ0n) is 18.5. The van der Waals surface area contributed by atoms with Crippen LogP contribution in [0.1, 0.15) is 16.8 Å². The van der Waals surface area contributed by atoms with Crippen molar-refractivity contribution in [3.05, 3.63) is 89.8 Å². The average Bonchev–Trinajstić information content (AvgIpc) is 3.34. The molecule has 3 N–H and O–H groups in total.